The zero-order valence-electron chi connectivity index (χ0n) is 31.3. The Hall–Kier alpha value is -5.19. The standard InChI is InChI=1S/C41H53N5O6/c1-29(2)26-33(42-38(48)32-20-13-14-22-36(32)52-28-37(47)44(5)25-23-30-16-9-7-10-17-30)39(49)46-24-15-21-34(46)41(51)45(6)35(40(50)43(3)4)27-31-18-11-8-12-19-31/h7-14,16-20,22,29,33-35H,15,21,23-28H2,1-6H3,(H,42,48)/t33-,34-,35+/m1/s1. The van der Waals surface area contributed by atoms with Gasteiger partial charge in [0.2, 0.25) is 17.7 Å². The summed E-state index contributed by atoms with van der Waals surface area (Å²) < 4.78 is 5.86. The molecule has 0 spiro atoms. The zero-order valence-corrected chi connectivity index (χ0v) is 31.3. The Bertz CT molecular complexity index is 1660. The van der Waals surface area contributed by atoms with Gasteiger partial charge in [-0.1, -0.05) is 86.6 Å². The molecular weight excluding hydrogens is 658 g/mol. The fourth-order valence-electron chi connectivity index (χ4n) is 6.43. The first-order chi connectivity index (χ1) is 24.9. The van der Waals surface area contributed by atoms with Crippen molar-refractivity contribution < 1.29 is 28.7 Å². The van der Waals surface area contributed by atoms with Crippen molar-refractivity contribution >= 4 is 29.5 Å². The summed E-state index contributed by atoms with van der Waals surface area (Å²) >= 11 is 0. The molecule has 1 aliphatic rings. The molecule has 3 aromatic rings. The Balaban J connectivity index is 1.45. The first-order valence-corrected chi connectivity index (χ1v) is 18.0. The highest BCUT2D eigenvalue weighted by molar-refractivity contribution is 6.00. The smallest absolute Gasteiger partial charge is 0.260 e. The van der Waals surface area contributed by atoms with Crippen LogP contribution < -0.4 is 10.1 Å². The van der Waals surface area contributed by atoms with Gasteiger partial charge in [-0.15, -0.1) is 0 Å². The van der Waals surface area contributed by atoms with Gasteiger partial charge in [-0.05, 0) is 54.9 Å². The molecule has 0 aromatic heterocycles. The normalized spacial score (nSPS) is 15.1. The van der Waals surface area contributed by atoms with Crippen LogP contribution in [0.2, 0.25) is 0 Å². The number of rotatable bonds is 16. The van der Waals surface area contributed by atoms with Gasteiger partial charge in [-0.2, -0.15) is 0 Å². The monoisotopic (exact) mass is 711 g/mol. The van der Waals surface area contributed by atoms with E-state index in [9.17, 15) is 24.0 Å². The number of benzene rings is 3. The molecule has 5 amide bonds. The van der Waals surface area contributed by atoms with Crippen LogP contribution in [0, 0.1) is 5.92 Å². The highest BCUT2D eigenvalue weighted by Crippen LogP contribution is 2.25. The molecule has 1 fully saturated rings. The summed E-state index contributed by atoms with van der Waals surface area (Å²) in [5, 5.41) is 2.92. The average Bonchev–Trinajstić information content (AvgIpc) is 3.64. The second-order valence-electron chi connectivity index (χ2n) is 14.1. The van der Waals surface area contributed by atoms with Crippen LogP contribution >= 0.6 is 0 Å². The van der Waals surface area contributed by atoms with Crippen LogP contribution in [0.5, 0.6) is 5.75 Å². The van der Waals surface area contributed by atoms with Crippen molar-refractivity contribution in [2.24, 2.45) is 5.92 Å². The highest BCUT2D eigenvalue weighted by Gasteiger charge is 2.41. The molecule has 0 radical (unpaired) electrons. The number of likely N-dealkylation sites (N-methyl/N-ethyl adjacent to an activating group) is 3. The lowest BCUT2D eigenvalue weighted by Gasteiger charge is -2.35. The van der Waals surface area contributed by atoms with Gasteiger partial charge in [0.1, 0.15) is 23.9 Å². The molecule has 11 heteroatoms. The van der Waals surface area contributed by atoms with Crippen molar-refractivity contribution in [3.05, 3.63) is 102 Å². The van der Waals surface area contributed by atoms with E-state index in [0.717, 1.165) is 11.1 Å². The lowest BCUT2D eigenvalue weighted by molar-refractivity contribution is -0.149. The van der Waals surface area contributed by atoms with Gasteiger partial charge < -0.3 is 29.7 Å². The third-order valence-electron chi connectivity index (χ3n) is 9.43. The number of hydrogen-bond donors (Lipinski definition) is 1. The van der Waals surface area contributed by atoms with Gasteiger partial charge in [0.05, 0.1) is 5.56 Å². The molecule has 278 valence electrons. The maximum absolute atomic E-state index is 14.2. The van der Waals surface area contributed by atoms with Crippen LogP contribution in [0.15, 0.2) is 84.9 Å². The minimum atomic E-state index is -0.909. The third kappa shape index (κ3) is 10.7. The molecule has 3 atom stereocenters. The van der Waals surface area contributed by atoms with Crippen LogP contribution in [0.25, 0.3) is 0 Å². The number of amides is 5. The predicted molar refractivity (Wildman–Crippen MR) is 201 cm³/mol. The van der Waals surface area contributed by atoms with Crippen molar-refractivity contribution in [3.8, 4) is 5.75 Å². The predicted octanol–water partition coefficient (Wildman–Crippen LogP) is 4.06. The first kappa shape index (κ1) is 39.6. The molecule has 1 saturated heterocycles. The van der Waals surface area contributed by atoms with Crippen molar-refractivity contribution in [2.75, 3.05) is 47.9 Å². The molecule has 1 aliphatic heterocycles. The SMILES string of the molecule is CC(C)C[C@@H](NC(=O)c1ccccc1OCC(=O)N(C)CCc1ccccc1)C(=O)N1CCC[C@@H]1C(=O)N(C)[C@@H](Cc1ccccc1)C(=O)N(C)C. The molecule has 52 heavy (non-hydrogen) atoms. The Labute approximate surface area is 307 Å². The van der Waals surface area contributed by atoms with Crippen molar-refractivity contribution in [2.45, 2.75) is 64.1 Å². The number of nitrogens with zero attached hydrogens (tertiary/aromatic N) is 4. The molecule has 0 bridgehead atoms. The molecule has 0 aliphatic carbocycles. The number of nitrogens with one attached hydrogen (secondary N) is 1. The molecule has 0 saturated carbocycles. The maximum atomic E-state index is 14.2. The summed E-state index contributed by atoms with van der Waals surface area (Å²) in [5.41, 5.74) is 2.24. The number of likely N-dealkylation sites (tertiary alicyclic amines) is 1. The van der Waals surface area contributed by atoms with E-state index in [2.05, 4.69) is 5.32 Å². The summed E-state index contributed by atoms with van der Waals surface area (Å²) in [6.45, 7) is 4.55. The summed E-state index contributed by atoms with van der Waals surface area (Å²) in [4.78, 5) is 74.3. The van der Waals surface area contributed by atoms with E-state index < -0.39 is 24.0 Å². The quantitative estimate of drug-likeness (QED) is 0.240. The van der Waals surface area contributed by atoms with Crippen LogP contribution in [0.1, 0.15) is 54.6 Å². The van der Waals surface area contributed by atoms with Crippen LogP contribution in [-0.2, 0) is 32.0 Å². The third-order valence-corrected chi connectivity index (χ3v) is 9.43. The highest BCUT2D eigenvalue weighted by atomic mass is 16.5. The van der Waals surface area contributed by atoms with E-state index >= 15 is 0 Å². The van der Waals surface area contributed by atoms with Crippen molar-refractivity contribution in [1.82, 2.24) is 24.9 Å². The lowest BCUT2D eigenvalue weighted by atomic mass is 10.0. The van der Waals surface area contributed by atoms with Gasteiger partial charge in [-0.25, -0.2) is 0 Å². The van der Waals surface area contributed by atoms with Gasteiger partial charge in [0.15, 0.2) is 6.61 Å². The van der Waals surface area contributed by atoms with E-state index in [4.69, 9.17) is 4.74 Å². The van der Waals surface area contributed by atoms with Gasteiger partial charge in [0, 0.05) is 47.7 Å². The van der Waals surface area contributed by atoms with Gasteiger partial charge >= 0.3 is 0 Å². The van der Waals surface area contributed by atoms with E-state index in [1.807, 2.05) is 74.5 Å². The Kier molecular flexibility index (Phi) is 14.4. The van der Waals surface area contributed by atoms with Gasteiger partial charge in [-0.3, -0.25) is 24.0 Å². The number of ether oxygens (including phenoxy) is 1. The van der Waals surface area contributed by atoms with E-state index in [1.54, 1.807) is 62.3 Å². The molecule has 1 heterocycles. The molecular formula is C41H53N5O6. The van der Waals surface area contributed by atoms with Crippen molar-refractivity contribution in [1.29, 1.82) is 0 Å². The summed E-state index contributed by atoms with van der Waals surface area (Å²) in [7, 11) is 6.66. The van der Waals surface area contributed by atoms with Crippen LogP contribution in [-0.4, -0.2) is 115 Å². The largest absolute Gasteiger partial charge is 0.483 e. The van der Waals surface area contributed by atoms with E-state index in [0.29, 0.717) is 45.2 Å². The number of hydrogen-bond acceptors (Lipinski definition) is 6. The van der Waals surface area contributed by atoms with Crippen LogP contribution in [0.4, 0.5) is 0 Å². The number of carbonyl (C=O) groups is 5. The molecule has 0 unspecified atom stereocenters. The molecule has 3 aromatic carbocycles. The van der Waals surface area contributed by atoms with Gasteiger partial charge in [0.25, 0.3) is 11.8 Å². The second kappa shape index (κ2) is 18.9. The summed E-state index contributed by atoms with van der Waals surface area (Å²) in [6, 6.07) is 23.6. The Morgan fingerprint density at radius 2 is 1.46 bits per heavy atom. The minimum absolute atomic E-state index is 0.0529. The van der Waals surface area contributed by atoms with E-state index in [-0.39, 0.29) is 47.5 Å². The zero-order chi connectivity index (χ0) is 37.8. The molecule has 4 rings (SSSR count). The number of para-hydroxylation sites is 1. The minimum Gasteiger partial charge on any atom is -0.483 e. The molecule has 11 nitrogen and oxygen atoms in total. The van der Waals surface area contributed by atoms with E-state index in [1.165, 1.54) is 9.80 Å². The Morgan fingerprint density at radius 1 is 0.846 bits per heavy atom. The summed E-state index contributed by atoms with van der Waals surface area (Å²) in [6.07, 6.45) is 2.46. The molecule has 1 N–H and O–H groups in total. The summed E-state index contributed by atoms with van der Waals surface area (Å²) in [5.74, 6) is -1.33. The number of carbonyl (C=O) groups excluding carboxylic acids is 5. The Morgan fingerprint density at radius 3 is 2.10 bits per heavy atom. The topological polar surface area (TPSA) is 120 Å². The second-order valence-corrected chi connectivity index (χ2v) is 14.1. The first-order valence-electron chi connectivity index (χ1n) is 18.0. The van der Waals surface area contributed by atoms with Crippen LogP contribution in [0.3, 0.4) is 0 Å². The average molecular weight is 712 g/mol. The maximum Gasteiger partial charge on any atom is 0.260 e. The fraction of sp³-hybridized carbons (Fsp3) is 0.439. The van der Waals surface area contributed by atoms with Crippen molar-refractivity contribution in [3.63, 3.8) is 0 Å². The lowest BCUT2D eigenvalue weighted by Crippen LogP contribution is -2.57. The fourth-order valence-corrected chi connectivity index (χ4v) is 6.43.